The van der Waals surface area contributed by atoms with Crippen molar-refractivity contribution in [2.45, 2.75) is 31.3 Å². The third-order valence-electron chi connectivity index (χ3n) is 5.51. The average Bonchev–Trinajstić information content (AvgIpc) is 3.13. The van der Waals surface area contributed by atoms with Crippen molar-refractivity contribution >= 4 is 26.8 Å². The lowest BCUT2D eigenvalue weighted by Crippen LogP contribution is -2.45. The number of aromatic amines is 1. The van der Waals surface area contributed by atoms with E-state index >= 15 is 0 Å². The highest BCUT2D eigenvalue weighted by molar-refractivity contribution is 7.91. The number of likely N-dealkylation sites (tertiary alicyclic amines) is 1. The zero-order valence-electron chi connectivity index (χ0n) is 15.1. The van der Waals surface area contributed by atoms with Gasteiger partial charge in [0, 0.05) is 25.2 Å². The third kappa shape index (κ3) is 3.93. The number of hydrogen-bond donors (Lipinski definition) is 2. The quantitative estimate of drug-likeness (QED) is 0.777. The number of nitrogens with zero attached hydrogens (tertiary/aromatic N) is 2. The predicted octanol–water partition coefficient (Wildman–Crippen LogP) is 0.270. The molecule has 2 saturated heterocycles. The molecule has 0 saturated carbocycles. The lowest BCUT2D eigenvalue weighted by atomic mass is 10.0. The summed E-state index contributed by atoms with van der Waals surface area (Å²) in [6.07, 6.45) is 2.10. The molecule has 2 N–H and O–H groups in total. The van der Waals surface area contributed by atoms with E-state index < -0.39 is 9.84 Å². The number of carbonyl (C=O) groups excluding carboxylic acids is 1. The number of para-hydroxylation sites is 2. The van der Waals surface area contributed by atoms with E-state index in [-0.39, 0.29) is 41.7 Å². The summed E-state index contributed by atoms with van der Waals surface area (Å²) in [5.74, 6) is 0.0762. The van der Waals surface area contributed by atoms with E-state index in [4.69, 9.17) is 0 Å². The Bertz CT molecular complexity index is 1000. The molecule has 1 aromatic heterocycles. The number of hydrogen-bond acceptors (Lipinski definition) is 5. The maximum atomic E-state index is 12.3. The average molecular weight is 392 g/mol. The van der Waals surface area contributed by atoms with Crippen LogP contribution >= 0.6 is 0 Å². The van der Waals surface area contributed by atoms with E-state index in [2.05, 4.69) is 15.2 Å². The van der Waals surface area contributed by atoms with Gasteiger partial charge in [-0.3, -0.25) is 14.3 Å². The number of rotatable bonds is 4. The molecular formula is C18H24N4O4S. The molecule has 1 atom stereocenters. The van der Waals surface area contributed by atoms with Crippen molar-refractivity contribution in [1.82, 2.24) is 19.8 Å². The maximum absolute atomic E-state index is 12.3. The third-order valence-corrected chi connectivity index (χ3v) is 7.28. The summed E-state index contributed by atoms with van der Waals surface area (Å²) in [4.78, 5) is 29.5. The van der Waals surface area contributed by atoms with E-state index in [0.717, 1.165) is 37.0 Å². The van der Waals surface area contributed by atoms with Crippen LogP contribution in [0.1, 0.15) is 25.3 Å². The molecule has 0 unspecified atom stereocenters. The van der Waals surface area contributed by atoms with Crippen LogP contribution in [0.3, 0.4) is 0 Å². The first-order valence-corrected chi connectivity index (χ1v) is 11.1. The van der Waals surface area contributed by atoms with Gasteiger partial charge in [-0.25, -0.2) is 13.2 Å². The van der Waals surface area contributed by atoms with Gasteiger partial charge < -0.3 is 10.3 Å². The molecule has 2 aliphatic rings. The molecule has 1 aromatic carbocycles. The Kier molecular flexibility index (Phi) is 4.81. The van der Waals surface area contributed by atoms with Crippen molar-refractivity contribution in [3.8, 4) is 0 Å². The lowest BCUT2D eigenvalue weighted by Gasteiger charge is -2.32. The van der Waals surface area contributed by atoms with Crippen LogP contribution in [0.4, 0.5) is 0 Å². The molecule has 2 fully saturated rings. The fourth-order valence-corrected chi connectivity index (χ4v) is 5.83. The first-order chi connectivity index (χ1) is 12.9. The Hall–Kier alpha value is -2.13. The Morgan fingerprint density at radius 3 is 2.63 bits per heavy atom. The van der Waals surface area contributed by atoms with E-state index in [9.17, 15) is 18.0 Å². The first-order valence-electron chi connectivity index (χ1n) is 9.33. The zero-order chi connectivity index (χ0) is 19.0. The minimum atomic E-state index is -2.99. The van der Waals surface area contributed by atoms with Crippen molar-refractivity contribution in [3.63, 3.8) is 0 Å². The summed E-state index contributed by atoms with van der Waals surface area (Å²) in [5, 5.41) is 2.83. The minimum absolute atomic E-state index is 0.0459. The van der Waals surface area contributed by atoms with E-state index in [1.807, 2.05) is 28.8 Å². The number of aromatic nitrogens is 2. The number of carbonyl (C=O) groups is 1. The molecule has 0 radical (unpaired) electrons. The second-order valence-corrected chi connectivity index (χ2v) is 9.72. The number of amides is 1. The van der Waals surface area contributed by atoms with Crippen LogP contribution in [-0.2, 0) is 14.6 Å². The zero-order valence-corrected chi connectivity index (χ0v) is 15.9. The number of piperidine rings is 1. The number of benzene rings is 1. The Morgan fingerprint density at radius 2 is 1.93 bits per heavy atom. The molecular weight excluding hydrogens is 368 g/mol. The lowest BCUT2D eigenvalue weighted by molar-refractivity contribution is -0.123. The number of imidazole rings is 1. The molecule has 0 bridgehead atoms. The van der Waals surface area contributed by atoms with Crippen LogP contribution in [0.2, 0.25) is 0 Å². The second-order valence-electron chi connectivity index (χ2n) is 7.49. The van der Waals surface area contributed by atoms with Gasteiger partial charge in [-0.15, -0.1) is 0 Å². The maximum Gasteiger partial charge on any atom is 0.326 e. The van der Waals surface area contributed by atoms with Crippen molar-refractivity contribution < 1.29 is 13.2 Å². The van der Waals surface area contributed by atoms with Crippen molar-refractivity contribution in [3.05, 3.63) is 34.7 Å². The summed E-state index contributed by atoms with van der Waals surface area (Å²) >= 11 is 0. The standard InChI is InChI=1S/C18H24N4O4S/c23-17(19-13-7-10-27(25,26)12-13)11-21-8-5-14(6-9-21)22-16-4-2-1-3-15(16)20-18(22)24/h1-4,13-14H,5-12H2,(H,19,23)(H,20,24)/t13-/m1/s1. The fourth-order valence-electron chi connectivity index (χ4n) is 4.16. The fraction of sp³-hybridized carbons (Fsp3) is 0.556. The molecule has 1 amide bonds. The van der Waals surface area contributed by atoms with Gasteiger partial charge in [-0.2, -0.15) is 0 Å². The van der Waals surface area contributed by atoms with Gasteiger partial charge in [0.05, 0.1) is 29.1 Å². The van der Waals surface area contributed by atoms with Crippen molar-refractivity contribution in [2.75, 3.05) is 31.1 Å². The van der Waals surface area contributed by atoms with E-state index in [1.165, 1.54) is 0 Å². The summed E-state index contributed by atoms with van der Waals surface area (Å²) in [7, 11) is -2.99. The topological polar surface area (TPSA) is 104 Å². The van der Waals surface area contributed by atoms with Crippen LogP contribution in [0.25, 0.3) is 11.0 Å². The minimum Gasteiger partial charge on any atom is -0.351 e. The normalized spacial score (nSPS) is 23.6. The molecule has 146 valence electrons. The SMILES string of the molecule is O=C(CN1CCC(n2c(=O)[nH]c3ccccc32)CC1)N[C@@H]1CCS(=O)(=O)C1. The highest BCUT2D eigenvalue weighted by Gasteiger charge is 2.30. The number of H-pyrrole nitrogens is 1. The molecule has 2 aliphatic heterocycles. The Labute approximate surface area is 157 Å². The van der Waals surface area contributed by atoms with Crippen LogP contribution in [-0.4, -0.2) is 66.0 Å². The monoisotopic (exact) mass is 392 g/mol. The van der Waals surface area contributed by atoms with Crippen LogP contribution < -0.4 is 11.0 Å². The molecule has 2 aromatic rings. The predicted molar refractivity (Wildman–Crippen MR) is 102 cm³/mol. The molecule has 3 heterocycles. The summed E-state index contributed by atoms with van der Waals surface area (Å²) < 4.78 is 24.8. The molecule has 9 heteroatoms. The van der Waals surface area contributed by atoms with Crippen LogP contribution in [0.5, 0.6) is 0 Å². The van der Waals surface area contributed by atoms with Gasteiger partial charge in [0.15, 0.2) is 9.84 Å². The van der Waals surface area contributed by atoms with Gasteiger partial charge in [0.1, 0.15) is 0 Å². The summed E-state index contributed by atoms with van der Waals surface area (Å²) in [6.45, 7) is 1.73. The Balaban J connectivity index is 1.33. The largest absolute Gasteiger partial charge is 0.351 e. The van der Waals surface area contributed by atoms with Gasteiger partial charge in [-0.1, -0.05) is 12.1 Å². The van der Waals surface area contributed by atoms with Gasteiger partial charge in [0.2, 0.25) is 5.91 Å². The number of nitrogens with one attached hydrogen (secondary N) is 2. The summed E-state index contributed by atoms with van der Waals surface area (Å²) in [6, 6.07) is 7.53. The number of sulfone groups is 1. The number of fused-ring (bicyclic) bond motifs is 1. The first kappa shape index (κ1) is 18.2. The molecule has 8 nitrogen and oxygen atoms in total. The van der Waals surface area contributed by atoms with Crippen molar-refractivity contribution in [2.24, 2.45) is 0 Å². The van der Waals surface area contributed by atoms with Crippen LogP contribution in [0.15, 0.2) is 29.1 Å². The molecule has 0 aliphatic carbocycles. The molecule has 4 rings (SSSR count). The summed E-state index contributed by atoms with van der Waals surface area (Å²) in [5.41, 5.74) is 1.67. The van der Waals surface area contributed by atoms with Crippen LogP contribution in [0, 0.1) is 0 Å². The Morgan fingerprint density at radius 1 is 1.19 bits per heavy atom. The molecule has 0 spiro atoms. The second kappa shape index (κ2) is 7.12. The van der Waals surface area contributed by atoms with E-state index in [0.29, 0.717) is 6.42 Å². The molecule has 27 heavy (non-hydrogen) atoms. The van der Waals surface area contributed by atoms with Crippen molar-refractivity contribution in [1.29, 1.82) is 0 Å². The van der Waals surface area contributed by atoms with Gasteiger partial charge in [0.25, 0.3) is 0 Å². The smallest absolute Gasteiger partial charge is 0.326 e. The highest BCUT2D eigenvalue weighted by atomic mass is 32.2. The van der Waals surface area contributed by atoms with E-state index in [1.54, 1.807) is 0 Å². The van der Waals surface area contributed by atoms with Gasteiger partial charge >= 0.3 is 5.69 Å². The van der Waals surface area contributed by atoms with Gasteiger partial charge in [-0.05, 0) is 31.4 Å². The highest BCUT2D eigenvalue weighted by Crippen LogP contribution is 2.24.